The van der Waals surface area contributed by atoms with Crippen LogP contribution < -0.4 is 0 Å². The first kappa shape index (κ1) is 18.2. The zero-order valence-corrected chi connectivity index (χ0v) is 16.4. The smallest absolute Gasteiger partial charge is 0.276 e. The summed E-state index contributed by atoms with van der Waals surface area (Å²) in [4.78, 5) is 17.5. The number of hydrogen-bond acceptors (Lipinski definition) is 4. The van der Waals surface area contributed by atoms with Gasteiger partial charge in [-0.25, -0.2) is 0 Å². The molecule has 5 heteroatoms. The van der Waals surface area contributed by atoms with Crippen molar-refractivity contribution < 1.29 is 9.32 Å². The number of rotatable bonds is 4. The van der Waals surface area contributed by atoms with E-state index in [1.54, 1.807) is 0 Å². The molecule has 1 atom stereocenters. The van der Waals surface area contributed by atoms with E-state index in [2.05, 4.69) is 48.4 Å². The zero-order valence-electron chi connectivity index (χ0n) is 16.4. The molecule has 1 aliphatic carbocycles. The number of amides is 1. The van der Waals surface area contributed by atoms with Gasteiger partial charge in [-0.1, -0.05) is 29.4 Å². The van der Waals surface area contributed by atoms with Gasteiger partial charge in [0.15, 0.2) is 5.69 Å². The second kappa shape index (κ2) is 7.85. The molecule has 2 aromatic rings. The molecule has 0 N–H and O–H groups in total. The van der Waals surface area contributed by atoms with Crippen molar-refractivity contribution in [1.82, 2.24) is 15.0 Å². The third-order valence-electron chi connectivity index (χ3n) is 5.78. The van der Waals surface area contributed by atoms with Gasteiger partial charge >= 0.3 is 0 Å². The Kier molecular flexibility index (Phi) is 5.30. The standard InChI is InChI=1S/C22H29N3O2/c1-24(2)15-16-10-12-17(13-11-16)19-8-5-6-14-25(19)22(26)21-18-7-3-4-9-20(18)27-23-21/h10-13,19H,3-9,14-15H2,1-2H3/t19-/m1/s1. The second-order valence-corrected chi connectivity index (χ2v) is 8.13. The summed E-state index contributed by atoms with van der Waals surface area (Å²) in [6, 6.07) is 8.88. The molecule has 1 saturated heterocycles. The molecular weight excluding hydrogens is 338 g/mol. The van der Waals surface area contributed by atoms with Gasteiger partial charge in [-0.3, -0.25) is 4.79 Å². The highest BCUT2D eigenvalue weighted by Gasteiger charge is 2.33. The van der Waals surface area contributed by atoms with Crippen LogP contribution in [-0.4, -0.2) is 41.5 Å². The fraction of sp³-hybridized carbons (Fsp3) is 0.545. The van der Waals surface area contributed by atoms with Crippen LogP contribution in [0, 0.1) is 0 Å². The van der Waals surface area contributed by atoms with E-state index < -0.39 is 0 Å². The van der Waals surface area contributed by atoms with E-state index in [0.29, 0.717) is 5.69 Å². The minimum absolute atomic E-state index is 0.0453. The van der Waals surface area contributed by atoms with Crippen molar-refractivity contribution in [2.75, 3.05) is 20.6 Å². The molecule has 4 rings (SSSR count). The average Bonchev–Trinajstić information content (AvgIpc) is 3.12. The van der Waals surface area contributed by atoms with Crippen molar-refractivity contribution in [2.24, 2.45) is 0 Å². The van der Waals surface area contributed by atoms with Crippen molar-refractivity contribution in [1.29, 1.82) is 0 Å². The predicted octanol–water partition coefficient (Wildman–Crippen LogP) is 3.98. The van der Waals surface area contributed by atoms with Gasteiger partial charge in [0.2, 0.25) is 0 Å². The van der Waals surface area contributed by atoms with E-state index in [0.717, 1.165) is 69.4 Å². The summed E-state index contributed by atoms with van der Waals surface area (Å²) in [6.45, 7) is 1.73. The van der Waals surface area contributed by atoms with E-state index >= 15 is 0 Å². The highest BCUT2D eigenvalue weighted by molar-refractivity contribution is 5.94. The fourth-order valence-corrected chi connectivity index (χ4v) is 4.42. The maximum atomic E-state index is 13.3. The zero-order chi connectivity index (χ0) is 18.8. The topological polar surface area (TPSA) is 49.6 Å². The lowest BCUT2D eigenvalue weighted by Gasteiger charge is -2.36. The van der Waals surface area contributed by atoms with E-state index in [1.165, 1.54) is 11.1 Å². The number of aryl methyl sites for hydroxylation is 1. The number of likely N-dealkylation sites (tertiary alicyclic amines) is 1. The van der Waals surface area contributed by atoms with Crippen molar-refractivity contribution >= 4 is 5.91 Å². The number of aromatic nitrogens is 1. The van der Waals surface area contributed by atoms with Crippen LogP contribution in [0.15, 0.2) is 28.8 Å². The monoisotopic (exact) mass is 367 g/mol. The van der Waals surface area contributed by atoms with Gasteiger partial charge in [0.1, 0.15) is 5.76 Å². The molecule has 1 fully saturated rings. The Balaban J connectivity index is 1.57. The van der Waals surface area contributed by atoms with Gasteiger partial charge in [0.05, 0.1) is 6.04 Å². The van der Waals surface area contributed by atoms with Crippen molar-refractivity contribution in [3.05, 3.63) is 52.4 Å². The highest BCUT2D eigenvalue weighted by atomic mass is 16.5. The van der Waals surface area contributed by atoms with Crippen LogP contribution >= 0.6 is 0 Å². The van der Waals surface area contributed by atoms with Gasteiger partial charge in [-0.2, -0.15) is 0 Å². The number of hydrogen-bond donors (Lipinski definition) is 0. The second-order valence-electron chi connectivity index (χ2n) is 8.13. The Hall–Kier alpha value is -2.14. The molecule has 1 amide bonds. The summed E-state index contributed by atoms with van der Waals surface area (Å²) in [6.07, 6.45) is 7.29. The molecule has 144 valence electrons. The lowest BCUT2D eigenvalue weighted by molar-refractivity contribution is 0.0600. The van der Waals surface area contributed by atoms with Gasteiger partial charge in [-0.05, 0) is 63.7 Å². The van der Waals surface area contributed by atoms with Crippen LogP contribution in [0.4, 0.5) is 0 Å². The first-order chi connectivity index (χ1) is 13.1. The molecule has 0 unspecified atom stereocenters. The van der Waals surface area contributed by atoms with Crippen LogP contribution in [0.25, 0.3) is 0 Å². The molecule has 2 heterocycles. The quantitative estimate of drug-likeness (QED) is 0.820. The number of piperidine rings is 1. The Morgan fingerprint density at radius 3 is 2.70 bits per heavy atom. The van der Waals surface area contributed by atoms with Gasteiger partial charge in [0.25, 0.3) is 5.91 Å². The first-order valence-corrected chi connectivity index (χ1v) is 10.2. The lowest BCUT2D eigenvalue weighted by Crippen LogP contribution is -2.39. The molecule has 0 saturated carbocycles. The average molecular weight is 367 g/mol. The van der Waals surface area contributed by atoms with E-state index in [4.69, 9.17) is 4.52 Å². The summed E-state index contributed by atoms with van der Waals surface area (Å²) >= 11 is 0. The molecule has 1 aromatic carbocycles. The van der Waals surface area contributed by atoms with Gasteiger partial charge in [-0.15, -0.1) is 0 Å². The molecule has 1 aliphatic heterocycles. The van der Waals surface area contributed by atoms with Crippen molar-refractivity contribution in [3.63, 3.8) is 0 Å². The fourth-order valence-electron chi connectivity index (χ4n) is 4.42. The Morgan fingerprint density at radius 1 is 1.15 bits per heavy atom. The normalized spacial score (nSPS) is 20.0. The molecule has 1 aromatic heterocycles. The number of fused-ring (bicyclic) bond motifs is 1. The predicted molar refractivity (Wildman–Crippen MR) is 105 cm³/mol. The third kappa shape index (κ3) is 3.79. The summed E-state index contributed by atoms with van der Waals surface area (Å²) < 4.78 is 5.49. The minimum atomic E-state index is 0.0453. The minimum Gasteiger partial charge on any atom is -0.360 e. The highest BCUT2D eigenvalue weighted by Crippen LogP contribution is 2.34. The van der Waals surface area contributed by atoms with Crippen molar-refractivity contribution in [3.8, 4) is 0 Å². The number of benzene rings is 1. The van der Waals surface area contributed by atoms with Crippen LogP contribution in [-0.2, 0) is 19.4 Å². The van der Waals surface area contributed by atoms with E-state index in [1.807, 2.05) is 4.90 Å². The molecule has 0 spiro atoms. The van der Waals surface area contributed by atoms with Gasteiger partial charge in [0, 0.05) is 25.1 Å². The number of carbonyl (C=O) groups is 1. The van der Waals surface area contributed by atoms with Crippen LogP contribution in [0.1, 0.15) is 71.1 Å². The summed E-state index contributed by atoms with van der Waals surface area (Å²) in [5.74, 6) is 0.968. The largest absolute Gasteiger partial charge is 0.360 e. The third-order valence-corrected chi connectivity index (χ3v) is 5.78. The SMILES string of the molecule is CN(C)Cc1ccc([C@H]2CCCCN2C(=O)c2noc3c2CCCC3)cc1. The maximum absolute atomic E-state index is 13.3. The molecule has 27 heavy (non-hydrogen) atoms. The summed E-state index contributed by atoms with van der Waals surface area (Å²) in [5, 5.41) is 4.18. The lowest BCUT2D eigenvalue weighted by atomic mass is 9.92. The maximum Gasteiger partial charge on any atom is 0.276 e. The molecule has 5 nitrogen and oxygen atoms in total. The van der Waals surface area contributed by atoms with Crippen LogP contribution in [0.3, 0.4) is 0 Å². The first-order valence-electron chi connectivity index (χ1n) is 10.2. The van der Waals surface area contributed by atoms with E-state index in [-0.39, 0.29) is 11.9 Å². The summed E-state index contributed by atoms with van der Waals surface area (Å²) in [7, 11) is 4.15. The Morgan fingerprint density at radius 2 is 1.93 bits per heavy atom. The summed E-state index contributed by atoms with van der Waals surface area (Å²) in [5.41, 5.74) is 4.13. The van der Waals surface area contributed by atoms with Crippen LogP contribution in [0.5, 0.6) is 0 Å². The Bertz CT molecular complexity index is 794. The molecular formula is C22H29N3O2. The van der Waals surface area contributed by atoms with E-state index in [9.17, 15) is 4.79 Å². The molecule has 2 aliphatic rings. The van der Waals surface area contributed by atoms with Crippen molar-refractivity contribution in [2.45, 2.75) is 57.5 Å². The Labute approximate surface area is 161 Å². The molecule has 0 radical (unpaired) electrons. The number of nitrogens with zero attached hydrogens (tertiary/aromatic N) is 3. The van der Waals surface area contributed by atoms with Crippen LogP contribution in [0.2, 0.25) is 0 Å². The molecule has 0 bridgehead atoms. The number of carbonyl (C=O) groups excluding carboxylic acids is 1. The van der Waals surface area contributed by atoms with Gasteiger partial charge < -0.3 is 14.3 Å².